The molecule has 0 radical (unpaired) electrons. The zero-order valence-corrected chi connectivity index (χ0v) is 12.8. The van der Waals surface area contributed by atoms with E-state index in [0.717, 1.165) is 5.56 Å². The number of ether oxygens (including phenoxy) is 2. The zero-order chi connectivity index (χ0) is 15.5. The number of nitrogens with zero attached hydrogens (tertiary/aromatic N) is 4. The van der Waals surface area contributed by atoms with Crippen molar-refractivity contribution >= 4 is 5.69 Å². The molecule has 0 aliphatic rings. The van der Waals surface area contributed by atoms with E-state index in [9.17, 15) is 0 Å². The first-order valence-electron chi connectivity index (χ1n) is 6.81. The van der Waals surface area contributed by atoms with Gasteiger partial charge in [0, 0.05) is 12.3 Å². The second-order valence-electron chi connectivity index (χ2n) is 5.31. The summed E-state index contributed by atoms with van der Waals surface area (Å²) in [4.78, 5) is 0. The van der Waals surface area contributed by atoms with Crippen LogP contribution < -0.4 is 10.5 Å². The van der Waals surface area contributed by atoms with Gasteiger partial charge in [-0.3, -0.25) is 0 Å². The van der Waals surface area contributed by atoms with E-state index in [2.05, 4.69) is 15.5 Å². The summed E-state index contributed by atoms with van der Waals surface area (Å²) in [6, 6.07) is 5.38. The van der Waals surface area contributed by atoms with Crippen molar-refractivity contribution in [2.24, 2.45) is 0 Å². The third-order valence-corrected chi connectivity index (χ3v) is 3.06. The molecule has 0 atom stereocenters. The maximum absolute atomic E-state index is 5.86. The van der Waals surface area contributed by atoms with Gasteiger partial charge in [-0.25, -0.2) is 4.68 Å². The molecule has 0 bridgehead atoms. The summed E-state index contributed by atoms with van der Waals surface area (Å²) in [7, 11) is 1.60. The highest BCUT2D eigenvalue weighted by molar-refractivity contribution is 5.68. The largest absolute Gasteiger partial charge is 0.496 e. The second-order valence-corrected chi connectivity index (χ2v) is 5.31. The van der Waals surface area contributed by atoms with E-state index in [-0.39, 0.29) is 5.60 Å². The quantitative estimate of drug-likeness (QED) is 0.816. The first-order valence-corrected chi connectivity index (χ1v) is 6.81. The van der Waals surface area contributed by atoms with Crippen LogP contribution in [0.2, 0.25) is 0 Å². The number of tetrazole rings is 1. The molecule has 1 aromatic carbocycles. The van der Waals surface area contributed by atoms with Gasteiger partial charge in [0.25, 0.3) is 0 Å². The van der Waals surface area contributed by atoms with Gasteiger partial charge in [0.15, 0.2) is 5.82 Å². The van der Waals surface area contributed by atoms with Gasteiger partial charge in [-0.1, -0.05) is 0 Å². The molecule has 0 amide bonds. The number of rotatable bonds is 6. The number of methoxy groups -OCH3 is 1. The molecule has 0 saturated carbocycles. The normalized spacial score (nSPS) is 11.6. The van der Waals surface area contributed by atoms with Crippen LogP contribution in [0.15, 0.2) is 18.2 Å². The van der Waals surface area contributed by atoms with Crippen molar-refractivity contribution in [3.05, 3.63) is 18.2 Å². The fourth-order valence-electron chi connectivity index (χ4n) is 2.20. The van der Waals surface area contributed by atoms with E-state index in [1.54, 1.807) is 30.0 Å². The smallest absolute Gasteiger partial charge is 0.185 e. The molecule has 0 spiro atoms. The highest BCUT2D eigenvalue weighted by atomic mass is 16.5. The van der Waals surface area contributed by atoms with Crippen LogP contribution in [0.5, 0.6) is 5.75 Å². The van der Waals surface area contributed by atoms with Gasteiger partial charge < -0.3 is 15.2 Å². The van der Waals surface area contributed by atoms with Crippen LogP contribution in [0, 0.1) is 0 Å². The van der Waals surface area contributed by atoms with Crippen LogP contribution >= 0.6 is 0 Å². The predicted octanol–water partition coefficient (Wildman–Crippen LogP) is 1.75. The molecule has 0 unspecified atom stereocenters. The topological polar surface area (TPSA) is 88.1 Å². The molecule has 2 aromatic rings. The average molecular weight is 291 g/mol. The Balaban J connectivity index is 2.39. The van der Waals surface area contributed by atoms with Crippen molar-refractivity contribution in [1.29, 1.82) is 0 Å². The number of benzene rings is 1. The van der Waals surface area contributed by atoms with E-state index in [4.69, 9.17) is 15.2 Å². The Morgan fingerprint density at radius 1 is 1.33 bits per heavy atom. The molecule has 0 aliphatic heterocycles. The minimum Gasteiger partial charge on any atom is -0.496 e. The predicted molar refractivity (Wildman–Crippen MR) is 79.9 cm³/mol. The molecular weight excluding hydrogens is 270 g/mol. The van der Waals surface area contributed by atoms with E-state index in [1.165, 1.54) is 0 Å². The van der Waals surface area contributed by atoms with Crippen molar-refractivity contribution in [2.45, 2.75) is 32.9 Å². The van der Waals surface area contributed by atoms with Crippen molar-refractivity contribution in [3.8, 4) is 17.1 Å². The standard InChI is InChI=1S/C14H21N5O2/c1-5-21-14(2,3)9-19-13(16-17-18-19)11-8-10(15)6-7-12(11)20-4/h6-8H,5,9,15H2,1-4H3. The number of nitrogen functional groups attached to an aromatic ring is 1. The Labute approximate surface area is 124 Å². The first-order chi connectivity index (χ1) is 9.96. The maximum atomic E-state index is 5.86. The van der Waals surface area contributed by atoms with Crippen molar-refractivity contribution in [1.82, 2.24) is 20.2 Å². The molecule has 0 saturated heterocycles. The Kier molecular flexibility index (Phi) is 4.42. The summed E-state index contributed by atoms with van der Waals surface area (Å²) < 4.78 is 12.8. The van der Waals surface area contributed by atoms with Crippen LogP contribution in [-0.2, 0) is 11.3 Å². The van der Waals surface area contributed by atoms with Gasteiger partial charge in [0.1, 0.15) is 5.75 Å². The molecule has 7 nitrogen and oxygen atoms in total. The third kappa shape index (κ3) is 3.49. The highest BCUT2D eigenvalue weighted by Gasteiger charge is 2.23. The lowest BCUT2D eigenvalue weighted by atomic mass is 10.1. The van der Waals surface area contributed by atoms with Crippen LogP contribution in [-0.4, -0.2) is 39.5 Å². The van der Waals surface area contributed by atoms with Crippen LogP contribution in [0.1, 0.15) is 20.8 Å². The van der Waals surface area contributed by atoms with Crippen molar-refractivity contribution in [3.63, 3.8) is 0 Å². The van der Waals surface area contributed by atoms with Gasteiger partial charge in [-0.15, -0.1) is 5.10 Å². The minimum atomic E-state index is -0.369. The second kappa shape index (κ2) is 6.09. The maximum Gasteiger partial charge on any atom is 0.185 e. The van der Waals surface area contributed by atoms with Crippen molar-refractivity contribution in [2.75, 3.05) is 19.5 Å². The van der Waals surface area contributed by atoms with E-state index >= 15 is 0 Å². The molecular formula is C14H21N5O2. The Hall–Kier alpha value is -2.15. The lowest BCUT2D eigenvalue weighted by Gasteiger charge is -2.24. The highest BCUT2D eigenvalue weighted by Crippen LogP contribution is 2.30. The van der Waals surface area contributed by atoms with E-state index in [1.807, 2.05) is 20.8 Å². The summed E-state index contributed by atoms with van der Waals surface area (Å²) in [5.74, 6) is 1.28. The summed E-state index contributed by atoms with van der Waals surface area (Å²) in [5, 5.41) is 11.9. The number of hydrogen-bond acceptors (Lipinski definition) is 6. The molecule has 2 rings (SSSR count). The fourth-order valence-corrected chi connectivity index (χ4v) is 2.20. The van der Waals surface area contributed by atoms with Crippen LogP contribution in [0.25, 0.3) is 11.4 Å². The van der Waals surface area contributed by atoms with Crippen molar-refractivity contribution < 1.29 is 9.47 Å². The van der Waals surface area contributed by atoms with E-state index < -0.39 is 0 Å². The molecule has 1 heterocycles. The summed E-state index contributed by atoms with van der Waals surface area (Å²) in [6.45, 7) is 7.12. The molecule has 114 valence electrons. The molecule has 7 heteroatoms. The van der Waals surface area contributed by atoms with Gasteiger partial charge in [0.2, 0.25) is 0 Å². The van der Waals surface area contributed by atoms with Crippen LogP contribution in [0.3, 0.4) is 0 Å². The first kappa shape index (κ1) is 15.2. The van der Waals surface area contributed by atoms with Gasteiger partial charge >= 0.3 is 0 Å². The van der Waals surface area contributed by atoms with Gasteiger partial charge in [0.05, 0.1) is 24.8 Å². The van der Waals surface area contributed by atoms with Gasteiger partial charge in [-0.2, -0.15) is 0 Å². The lowest BCUT2D eigenvalue weighted by molar-refractivity contribution is -0.0246. The number of anilines is 1. The molecule has 21 heavy (non-hydrogen) atoms. The Morgan fingerprint density at radius 2 is 2.10 bits per heavy atom. The third-order valence-electron chi connectivity index (χ3n) is 3.06. The molecule has 0 aliphatic carbocycles. The molecule has 2 N–H and O–H groups in total. The minimum absolute atomic E-state index is 0.369. The Morgan fingerprint density at radius 3 is 2.76 bits per heavy atom. The number of hydrogen-bond donors (Lipinski definition) is 1. The number of nitrogens with two attached hydrogens (primary N) is 1. The fraction of sp³-hybridized carbons (Fsp3) is 0.500. The van der Waals surface area contributed by atoms with Crippen LogP contribution in [0.4, 0.5) is 5.69 Å². The summed E-state index contributed by atoms with van der Waals surface area (Å²) in [6.07, 6.45) is 0. The lowest BCUT2D eigenvalue weighted by Crippen LogP contribution is -2.31. The number of aromatic nitrogens is 4. The molecule has 1 aromatic heterocycles. The monoisotopic (exact) mass is 291 g/mol. The zero-order valence-electron chi connectivity index (χ0n) is 12.8. The Bertz CT molecular complexity index is 609. The van der Waals surface area contributed by atoms with Gasteiger partial charge in [-0.05, 0) is 49.4 Å². The summed E-state index contributed by atoms with van der Waals surface area (Å²) in [5.41, 5.74) is 6.87. The summed E-state index contributed by atoms with van der Waals surface area (Å²) >= 11 is 0. The SMILES string of the molecule is CCOC(C)(C)Cn1nnnc1-c1cc(N)ccc1OC. The average Bonchev–Trinajstić information content (AvgIpc) is 2.85. The molecule has 0 fully saturated rings. The van der Waals surface area contributed by atoms with E-state index in [0.29, 0.717) is 30.4 Å².